The molecular weight excluding hydrogens is 745 g/mol. The number of ether oxygens (including phenoxy) is 3. The summed E-state index contributed by atoms with van der Waals surface area (Å²) in [6, 6.07) is 0. The van der Waals surface area contributed by atoms with E-state index >= 15 is 0 Å². The summed E-state index contributed by atoms with van der Waals surface area (Å²) in [5.41, 5.74) is 0. The van der Waals surface area contributed by atoms with Gasteiger partial charge in [0.2, 0.25) is 0 Å². The van der Waals surface area contributed by atoms with Gasteiger partial charge in [-0.3, -0.25) is 14.4 Å². The van der Waals surface area contributed by atoms with E-state index in [-0.39, 0.29) is 31.1 Å². The smallest absolute Gasteiger partial charge is 0.306 e. The van der Waals surface area contributed by atoms with Crippen LogP contribution in [0.1, 0.15) is 297 Å². The number of carbonyl (C=O) groups excluding carboxylic acids is 3. The molecule has 0 spiro atoms. The fraction of sp³-hybridized carbons (Fsp3) is 0.907. The highest BCUT2D eigenvalue weighted by molar-refractivity contribution is 5.71. The summed E-state index contributed by atoms with van der Waals surface area (Å²) in [5, 5.41) is 0. The quantitative estimate of drug-likeness (QED) is 0.0263. The van der Waals surface area contributed by atoms with Crippen LogP contribution in [0.2, 0.25) is 0 Å². The fourth-order valence-electron chi connectivity index (χ4n) is 7.97. The van der Waals surface area contributed by atoms with Gasteiger partial charge in [0.1, 0.15) is 13.2 Å². The number of esters is 3. The molecule has 0 aromatic heterocycles. The second kappa shape index (κ2) is 49.8. The number of hydrogen-bond donors (Lipinski definition) is 0. The molecule has 0 bridgehead atoms. The van der Waals surface area contributed by atoms with Crippen molar-refractivity contribution < 1.29 is 28.6 Å². The van der Waals surface area contributed by atoms with Crippen LogP contribution in [0.25, 0.3) is 0 Å². The molecule has 0 saturated heterocycles. The van der Waals surface area contributed by atoms with E-state index in [0.29, 0.717) is 19.3 Å². The number of carbonyl (C=O) groups is 3. The summed E-state index contributed by atoms with van der Waals surface area (Å²) in [4.78, 5) is 38.0. The van der Waals surface area contributed by atoms with Crippen molar-refractivity contribution in [3.05, 3.63) is 12.2 Å². The SMILES string of the molecule is CCCCCCCC/C=C\CCCCCCCC(=O)OC(COC(=O)CCCCCCCCCCCCC)COC(=O)CCCCCCCCCCCCCCCCCC. The molecule has 0 rings (SSSR count). The van der Waals surface area contributed by atoms with Gasteiger partial charge in [-0.15, -0.1) is 0 Å². The van der Waals surface area contributed by atoms with Gasteiger partial charge in [0.05, 0.1) is 0 Å². The van der Waals surface area contributed by atoms with Crippen LogP contribution in [0.5, 0.6) is 0 Å². The van der Waals surface area contributed by atoms with Gasteiger partial charge in [0, 0.05) is 19.3 Å². The maximum absolute atomic E-state index is 12.8. The summed E-state index contributed by atoms with van der Waals surface area (Å²) in [7, 11) is 0. The standard InChI is InChI=1S/C54H102O6/c1-4-7-10-13-16-19-22-24-26-28-29-32-35-38-41-44-47-53(56)59-50-51(49-58-52(55)46-43-40-37-34-31-21-18-15-12-9-6-3)60-54(57)48-45-42-39-36-33-30-27-25-23-20-17-14-11-8-5-2/h25,27,51H,4-24,26,28-50H2,1-3H3/b27-25-. The molecule has 6 heteroatoms. The Balaban J connectivity index is 4.31. The van der Waals surface area contributed by atoms with Crippen LogP contribution in [0.3, 0.4) is 0 Å². The highest BCUT2D eigenvalue weighted by atomic mass is 16.6. The lowest BCUT2D eigenvalue weighted by Gasteiger charge is -2.18. The van der Waals surface area contributed by atoms with Gasteiger partial charge in [0.25, 0.3) is 0 Å². The fourth-order valence-corrected chi connectivity index (χ4v) is 7.97. The number of hydrogen-bond acceptors (Lipinski definition) is 6. The van der Waals surface area contributed by atoms with Gasteiger partial charge in [-0.1, -0.05) is 245 Å². The Labute approximate surface area is 373 Å². The topological polar surface area (TPSA) is 78.9 Å². The first-order valence-electron chi connectivity index (χ1n) is 26.7. The minimum Gasteiger partial charge on any atom is -0.462 e. The third-order valence-corrected chi connectivity index (χ3v) is 12.0. The van der Waals surface area contributed by atoms with Crippen LogP contribution < -0.4 is 0 Å². The number of unbranched alkanes of at least 4 members (excludes halogenated alkanes) is 36. The normalized spacial score (nSPS) is 12.0. The number of allylic oxidation sites excluding steroid dienone is 2. The Kier molecular flexibility index (Phi) is 48.3. The average Bonchev–Trinajstić information content (AvgIpc) is 3.24. The molecule has 0 aliphatic carbocycles. The van der Waals surface area contributed by atoms with Gasteiger partial charge >= 0.3 is 17.9 Å². The summed E-state index contributed by atoms with van der Waals surface area (Å²) >= 11 is 0. The predicted molar refractivity (Wildman–Crippen MR) is 256 cm³/mol. The lowest BCUT2D eigenvalue weighted by molar-refractivity contribution is -0.167. The second-order valence-electron chi connectivity index (χ2n) is 18.2. The van der Waals surface area contributed by atoms with E-state index in [2.05, 4.69) is 32.9 Å². The molecule has 1 atom stereocenters. The third-order valence-electron chi connectivity index (χ3n) is 12.0. The van der Waals surface area contributed by atoms with E-state index < -0.39 is 6.10 Å². The van der Waals surface area contributed by atoms with Gasteiger partial charge in [0.15, 0.2) is 6.10 Å². The Bertz CT molecular complexity index is 931. The van der Waals surface area contributed by atoms with Gasteiger partial charge in [-0.25, -0.2) is 0 Å². The van der Waals surface area contributed by atoms with E-state index in [9.17, 15) is 14.4 Å². The first kappa shape index (κ1) is 58.1. The van der Waals surface area contributed by atoms with Crippen molar-refractivity contribution in [1.29, 1.82) is 0 Å². The van der Waals surface area contributed by atoms with E-state index in [1.54, 1.807) is 0 Å². The molecule has 0 aliphatic rings. The molecule has 60 heavy (non-hydrogen) atoms. The maximum atomic E-state index is 12.8. The van der Waals surface area contributed by atoms with Crippen molar-refractivity contribution >= 4 is 17.9 Å². The van der Waals surface area contributed by atoms with Crippen LogP contribution in [0.4, 0.5) is 0 Å². The lowest BCUT2D eigenvalue weighted by atomic mass is 10.0. The average molecular weight is 847 g/mol. The van der Waals surface area contributed by atoms with E-state index in [1.807, 2.05) is 0 Å². The minimum atomic E-state index is -0.767. The Morgan fingerprint density at radius 2 is 0.550 bits per heavy atom. The van der Waals surface area contributed by atoms with Crippen molar-refractivity contribution in [2.45, 2.75) is 303 Å². The first-order valence-corrected chi connectivity index (χ1v) is 26.7. The Morgan fingerprint density at radius 3 is 0.833 bits per heavy atom. The van der Waals surface area contributed by atoms with Crippen LogP contribution in [-0.4, -0.2) is 37.2 Å². The maximum Gasteiger partial charge on any atom is 0.306 e. The van der Waals surface area contributed by atoms with Crippen molar-refractivity contribution in [2.75, 3.05) is 13.2 Å². The van der Waals surface area contributed by atoms with Crippen molar-refractivity contribution in [1.82, 2.24) is 0 Å². The summed E-state index contributed by atoms with van der Waals surface area (Å²) in [6.07, 6.45) is 54.8. The van der Waals surface area contributed by atoms with Crippen molar-refractivity contribution in [3.63, 3.8) is 0 Å². The van der Waals surface area contributed by atoms with E-state index in [1.165, 1.54) is 193 Å². The molecule has 354 valence electrons. The predicted octanol–water partition coefficient (Wildman–Crippen LogP) is 17.4. The molecule has 0 heterocycles. The zero-order valence-electron chi connectivity index (χ0n) is 40.5. The first-order chi connectivity index (χ1) is 29.5. The molecule has 0 amide bonds. The van der Waals surface area contributed by atoms with Gasteiger partial charge < -0.3 is 14.2 Å². The molecule has 1 unspecified atom stereocenters. The zero-order chi connectivity index (χ0) is 43.7. The second-order valence-corrected chi connectivity index (χ2v) is 18.2. The molecule has 0 fully saturated rings. The van der Waals surface area contributed by atoms with Crippen LogP contribution >= 0.6 is 0 Å². The van der Waals surface area contributed by atoms with Crippen LogP contribution in [0.15, 0.2) is 12.2 Å². The Morgan fingerprint density at radius 1 is 0.317 bits per heavy atom. The molecule has 0 saturated carbocycles. The largest absolute Gasteiger partial charge is 0.462 e. The molecule has 0 aromatic carbocycles. The molecule has 0 N–H and O–H groups in total. The molecule has 0 aromatic rings. The van der Waals surface area contributed by atoms with Gasteiger partial charge in [-0.05, 0) is 44.9 Å². The summed E-state index contributed by atoms with van der Waals surface area (Å²) in [6.45, 7) is 6.66. The molecule has 0 radical (unpaired) electrons. The Hall–Kier alpha value is -1.85. The molecular formula is C54H102O6. The summed E-state index contributed by atoms with van der Waals surface area (Å²) in [5.74, 6) is -0.859. The molecule has 0 aliphatic heterocycles. The highest BCUT2D eigenvalue weighted by Gasteiger charge is 2.19. The van der Waals surface area contributed by atoms with E-state index in [0.717, 1.165) is 64.2 Å². The van der Waals surface area contributed by atoms with Crippen LogP contribution in [0, 0.1) is 0 Å². The highest BCUT2D eigenvalue weighted by Crippen LogP contribution is 2.16. The van der Waals surface area contributed by atoms with E-state index in [4.69, 9.17) is 14.2 Å². The number of rotatable bonds is 49. The summed E-state index contributed by atoms with van der Waals surface area (Å²) < 4.78 is 16.8. The van der Waals surface area contributed by atoms with Crippen LogP contribution in [-0.2, 0) is 28.6 Å². The lowest BCUT2D eigenvalue weighted by Crippen LogP contribution is -2.30. The van der Waals surface area contributed by atoms with Crippen molar-refractivity contribution in [3.8, 4) is 0 Å². The zero-order valence-corrected chi connectivity index (χ0v) is 40.5. The monoisotopic (exact) mass is 847 g/mol. The molecule has 6 nitrogen and oxygen atoms in total. The van der Waals surface area contributed by atoms with Crippen molar-refractivity contribution in [2.24, 2.45) is 0 Å². The third kappa shape index (κ3) is 47.2. The minimum absolute atomic E-state index is 0.0679. The van der Waals surface area contributed by atoms with Gasteiger partial charge in [-0.2, -0.15) is 0 Å².